The number of piperidine rings is 1. The topological polar surface area (TPSA) is 21.1 Å². The summed E-state index contributed by atoms with van der Waals surface area (Å²) in [5.41, 5.74) is 1.95. The van der Waals surface area contributed by atoms with Crippen LogP contribution in [0.4, 0.5) is 8.78 Å². The van der Waals surface area contributed by atoms with Gasteiger partial charge in [0.15, 0.2) is 5.82 Å². The summed E-state index contributed by atoms with van der Waals surface area (Å²) in [7, 11) is 0. The molecule has 0 aliphatic carbocycles. The number of fused-ring (bicyclic) bond motifs is 1. The molecule has 1 aliphatic rings. The second kappa shape index (κ2) is 7.33. The Morgan fingerprint density at radius 1 is 1.15 bits per heavy atom. The number of likely N-dealkylation sites (tertiary alicyclic amines) is 1. The second-order valence-electron chi connectivity index (χ2n) is 6.80. The van der Waals surface area contributed by atoms with Crippen LogP contribution in [0, 0.1) is 11.6 Å². The van der Waals surface area contributed by atoms with E-state index in [1.54, 1.807) is 0 Å². The summed E-state index contributed by atoms with van der Waals surface area (Å²) in [6, 6.07) is 12.7. The van der Waals surface area contributed by atoms with Crippen LogP contribution in [0.5, 0.6) is 0 Å². The van der Waals surface area contributed by atoms with Gasteiger partial charge in [0, 0.05) is 25.2 Å². The first-order chi connectivity index (χ1) is 12.7. The quantitative estimate of drug-likeness (QED) is 0.605. The monoisotopic (exact) mass is 375 g/mol. The summed E-state index contributed by atoms with van der Waals surface area (Å²) in [4.78, 5) is 6.70. The van der Waals surface area contributed by atoms with Crippen LogP contribution in [0.25, 0.3) is 11.0 Å². The van der Waals surface area contributed by atoms with E-state index in [1.807, 2.05) is 22.8 Å². The van der Waals surface area contributed by atoms with Crippen LogP contribution in [0.3, 0.4) is 0 Å². The maximum atomic E-state index is 14.1. The van der Waals surface area contributed by atoms with Gasteiger partial charge < -0.3 is 4.57 Å². The van der Waals surface area contributed by atoms with Crippen molar-refractivity contribution in [3.8, 4) is 0 Å². The predicted molar refractivity (Wildman–Crippen MR) is 99.2 cm³/mol. The fraction of sp³-hybridized carbons (Fsp3) is 0.350. The lowest BCUT2D eigenvalue weighted by atomic mass is 10.0. The summed E-state index contributed by atoms with van der Waals surface area (Å²) in [6.07, 6.45) is 1.97. The molecule has 136 valence electrons. The highest BCUT2D eigenvalue weighted by Gasteiger charge is 2.26. The van der Waals surface area contributed by atoms with Crippen molar-refractivity contribution in [1.29, 1.82) is 0 Å². The molecule has 1 aromatic heterocycles. The lowest BCUT2D eigenvalue weighted by Gasteiger charge is -2.34. The minimum Gasteiger partial charge on any atom is -0.322 e. The molecule has 1 aliphatic heterocycles. The number of benzene rings is 2. The minimum atomic E-state index is -0.637. The van der Waals surface area contributed by atoms with Crippen molar-refractivity contribution in [3.05, 3.63) is 65.5 Å². The van der Waals surface area contributed by atoms with Gasteiger partial charge in [0.05, 0.1) is 11.4 Å². The average Bonchev–Trinajstić information content (AvgIpc) is 3.01. The van der Waals surface area contributed by atoms with Gasteiger partial charge in [0.2, 0.25) is 0 Å². The SMILES string of the molecule is Fc1cc(F)c2nc(CCl)n(C3CCCN(Cc4ccccc4)C3)c2c1. The van der Waals surface area contributed by atoms with Crippen LogP contribution in [0.1, 0.15) is 30.3 Å². The third kappa shape index (κ3) is 3.33. The lowest BCUT2D eigenvalue weighted by Crippen LogP contribution is -2.36. The second-order valence-corrected chi connectivity index (χ2v) is 7.07. The summed E-state index contributed by atoms with van der Waals surface area (Å²) in [5, 5.41) is 0. The molecule has 0 amide bonds. The van der Waals surface area contributed by atoms with Crippen molar-refractivity contribution >= 4 is 22.6 Å². The van der Waals surface area contributed by atoms with Crippen molar-refractivity contribution in [1.82, 2.24) is 14.5 Å². The number of halogens is 3. The Morgan fingerprint density at radius 2 is 1.96 bits per heavy atom. The molecule has 0 radical (unpaired) electrons. The predicted octanol–water partition coefficient (Wildman–Crippen LogP) is 4.89. The Morgan fingerprint density at radius 3 is 2.73 bits per heavy atom. The zero-order chi connectivity index (χ0) is 18.1. The lowest BCUT2D eigenvalue weighted by molar-refractivity contribution is 0.171. The van der Waals surface area contributed by atoms with Gasteiger partial charge in [-0.05, 0) is 31.0 Å². The molecule has 26 heavy (non-hydrogen) atoms. The van der Waals surface area contributed by atoms with Crippen LogP contribution in [-0.2, 0) is 12.4 Å². The van der Waals surface area contributed by atoms with E-state index in [4.69, 9.17) is 11.6 Å². The number of hydrogen-bond donors (Lipinski definition) is 0. The van der Waals surface area contributed by atoms with Gasteiger partial charge in [-0.2, -0.15) is 0 Å². The maximum Gasteiger partial charge on any atom is 0.153 e. The molecule has 4 rings (SSSR count). The largest absolute Gasteiger partial charge is 0.322 e. The molecular formula is C20H20ClF2N3. The molecule has 1 atom stereocenters. The molecule has 2 aromatic carbocycles. The molecule has 3 nitrogen and oxygen atoms in total. The Bertz CT molecular complexity index is 910. The highest BCUT2D eigenvalue weighted by Crippen LogP contribution is 2.30. The fourth-order valence-corrected chi connectivity index (χ4v) is 4.09. The number of imidazole rings is 1. The highest BCUT2D eigenvalue weighted by molar-refractivity contribution is 6.16. The molecule has 1 fully saturated rings. The zero-order valence-electron chi connectivity index (χ0n) is 14.3. The molecule has 1 unspecified atom stereocenters. The van der Waals surface area contributed by atoms with Crippen molar-refractivity contribution in [2.45, 2.75) is 31.3 Å². The van der Waals surface area contributed by atoms with Gasteiger partial charge in [-0.1, -0.05) is 30.3 Å². The number of hydrogen-bond acceptors (Lipinski definition) is 2. The third-order valence-electron chi connectivity index (χ3n) is 5.00. The normalized spacial score (nSPS) is 18.5. The Kier molecular flexibility index (Phi) is 4.92. The van der Waals surface area contributed by atoms with E-state index in [0.29, 0.717) is 11.3 Å². The van der Waals surface area contributed by atoms with E-state index in [9.17, 15) is 8.78 Å². The van der Waals surface area contributed by atoms with Gasteiger partial charge in [-0.25, -0.2) is 13.8 Å². The molecule has 0 spiro atoms. The Labute approximate surface area is 156 Å². The highest BCUT2D eigenvalue weighted by atomic mass is 35.5. The van der Waals surface area contributed by atoms with Crippen molar-refractivity contribution in [3.63, 3.8) is 0 Å². The first-order valence-corrected chi connectivity index (χ1v) is 9.37. The molecule has 0 saturated carbocycles. The van der Waals surface area contributed by atoms with Gasteiger partial charge in [0.25, 0.3) is 0 Å². The van der Waals surface area contributed by atoms with Crippen LogP contribution < -0.4 is 0 Å². The Hall–Kier alpha value is -1.98. The molecule has 2 heterocycles. The van der Waals surface area contributed by atoms with Gasteiger partial charge in [-0.3, -0.25) is 4.90 Å². The molecular weight excluding hydrogens is 356 g/mol. The Balaban J connectivity index is 1.66. The van der Waals surface area contributed by atoms with Crippen LogP contribution in [-0.4, -0.2) is 27.5 Å². The number of nitrogens with zero attached hydrogens (tertiary/aromatic N) is 3. The number of aromatic nitrogens is 2. The summed E-state index contributed by atoms with van der Waals surface area (Å²) >= 11 is 6.07. The summed E-state index contributed by atoms with van der Waals surface area (Å²) in [5.74, 6) is -0.459. The van der Waals surface area contributed by atoms with Gasteiger partial charge in [-0.15, -0.1) is 11.6 Å². The van der Waals surface area contributed by atoms with E-state index in [0.717, 1.165) is 38.5 Å². The molecule has 0 N–H and O–H groups in total. The van der Waals surface area contributed by atoms with Crippen LogP contribution >= 0.6 is 11.6 Å². The third-order valence-corrected chi connectivity index (χ3v) is 5.24. The molecule has 0 bridgehead atoms. The zero-order valence-corrected chi connectivity index (χ0v) is 15.1. The standard InChI is InChI=1S/C20H20ClF2N3/c21-11-19-24-20-17(23)9-15(22)10-18(20)26(19)16-7-4-8-25(13-16)12-14-5-2-1-3-6-14/h1-3,5-6,9-10,16H,4,7-8,11-13H2. The number of alkyl halides is 1. The van der Waals surface area contributed by atoms with Crippen molar-refractivity contribution in [2.24, 2.45) is 0 Å². The smallest absolute Gasteiger partial charge is 0.153 e. The number of rotatable bonds is 4. The molecule has 1 saturated heterocycles. The van der Waals surface area contributed by atoms with E-state index in [1.165, 1.54) is 11.6 Å². The van der Waals surface area contributed by atoms with Crippen molar-refractivity contribution in [2.75, 3.05) is 13.1 Å². The van der Waals surface area contributed by atoms with E-state index < -0.39 is 11.6 Å². The van der Waals surface area contributed by atoms with Gasteiger partial charge in [0.1, 0.15) is 17.2 Å². The fourth-order valence-electron chi connectivity index (χ4n) is 3.90. The minimum absolute atomic E-state index is 0.104. The van der Waals surface area contributed by atoms with E-state index in [2.05, 4.69) is 22.0 Å². The van der Waals surface area contributed by atoms with Crippen LogP contribution in [0.2, 0.25) is 0 Å². The maximum absolute atomic E-state index is 14.1. The average molecular weight is 376 g/mol. The molecule has 6 heteroatoms. The first kappa shape index (κ1) is 17.4. The van der Waals surface area contributed by atoms with E-state index >= 15 is 0 Å². The van der Waals surface area contributed by atoms with E-state index in [-0.39, 0.29) is 17.4 Å². The molecule has 3 aromatic rings. The van der Waals surface area contributed by atoms with Crippen molar-refractivity contribution < 1.29 is 8.78 Å². The van der Waals surface area contributed by atoms with Crippen LogP contribution in [0.15, 0.2) is 42.5 Å². The summed E-state index contributed by atoms with van der Waals surface area (Å²) in [6.45, 7) is 2.68. The first-order valence-electron chi connectivity index (χ1n) is 8.84. The summed E-state index contributed by atoms with van der Waals surface area (Å²) < 4.78 is 29.9. The van der Waals surface area contributed by atoms with Gasteiger partial charge >= 0.3 is 0 Å².